The van der Waals surface area contributed by atoms with Gasteiger partial charge in [0.05, 0.1) is 33.5 Å². The highest BCUT2D eigenvalue weighted by atomic mass is 35.5. The number of sulfonamides is 1. The Morgan fingerprint density at radius 2 is 1.88 bits per heavy atom. The third-order valence-corrected chi connectivity index (χ3v) is 8.47. The number of imidazole rings is 1. The van der Waals surface area contributed by atoms with Crippen molar-refractivity contribution in [2.75, 3.05) is 23.1 Å². The van der Waals surface area contributed by atoms with Crippen molar-refractivity contribution < 1.29 is 13.2 Å². The zero-order valence-corrected chi connectivity index (χ0v) is 19.2. The average Bonchev–Trinajstić information content (AvgIpc) is 3.23. The standard InChI is InChI=1S/C23H25ClN4O3S/c24-17-11-10-16(15-21(17)28-13-5-6-14-32(28,30)31)23(29)27-12-4-3-9-20(27)22-25-18-7-1-2-8-19(18)26-22/h1-2,7-8,10-11,15,20H,3-6,9,12-14H2,(H,25,26)/t20-/m1/s1. The van der Waals surface area contributed by atoms with Crippen LogP contribution in [0.5, 0.6) is 0 Å². The molecule has 1 aromatic heterocycles. The smallest absolute Gasteiger partial charge is 0.254 e. The van der Waals surface area contributed by atoms with Crippen LogP contribution < -0.4 is 4.31 Å². The van der Waals surface area contributed by atoms with Crippen LogP contribution in [0.1, 0.15) is 54.3 Å². The number of nitrogens with one attached hydrogen (secondary N) is 1. The predicted octanol–water partition coefficient (Wildman–Crippen LogP) is 4.51. The molecule has 32 heavy (non-hydrogen) atoms. The van der Waals surface area contributed by atoms with Crippen molar-refractivity contribution in [3.63, 3.8) is 0 Å². The Bertz CT molecular complexity index is 1240. The van der Waals surface area contributed by atoms with E-state index >= 15 is 0 Å². The first-order valence-corrected chi connectivity index (χ1v) is 13.0. The molecule has 1 N–H and O–H groups in total. The normalized spacial score (nSPS) is 21.1. The molecular formula is C23H25ClN4O3S. The molecule has 0 spiro atoms. The number of para-hydroxylation sites is 2. The molecule has 3 heterocycles. The van der Waals surface area contributed by atoms with Crippen LogP contribution in [-0.4, -0.2) is 48.0 Å². The Morgan fingerprint density at radius 1 is 1.06 bits per heavy atom. The lowest BCUT2D eigenvalue weighted by Gasteiger charge is -2.35. The fourth-order valence-electron chi connectivity index (χ4n) is 4.65. The molecule has 0 aliphatic carbocycles. The number of hydrogen-bond acceptors (Lipinski definition) is 4. The van der Waals surface area contributed by atoms with Crippen LogP contribution in [-0.2, 0) is 10.0 Å². The molecule has 5 rings (SSSR count). The number of piperidine rings is 1. The van der Waals surface area contributed by atoms with Gasteiger partial charge in [0.2, 0.25) is 10.0 Å². The maximum atomic E-state index is 13.6. The number of aromatic nitrogens is 2. The summed E-state index contributed by atoms with van der Waals surface area (Å²) in [6.45, 7) is 1.01. The van der Waals surface area contributed by atoms with Crippen LogP contribution in [0.3, 0.4) is 0 Å². The number of carbonyl (C=O) groups is 1. The van der Waals surface area contributed by atoms with Crippen molar-refractivity contribution in [2.24, 2.45) is 0 Å². The van der Waals surface area contributed by atoms with E-state index < -0.39 is 10.0 Å². The Morgan fingerprint density at radius 3 is 2.69 bits per heavy atom. The van der Waals surface area contributed by atoms with Gasteiger partial charge in [-0.2, -0.15) is 0 Å². The van der Waals surface area contributed by atoms with Crippen LogP contribution in [0.2, 0.25) is 5.02 Å². The lowest BCUT2D eigenvalue weighted by atomic mass is 10.00. The Labute approximate surface area is 192 Å². The lowest BCUT2D eigenvalue weighted by Crippen LogP contribution is -2.40. The number of halogens is 1. The van der Waals surface area contributed by atoms with Gasteiger partial charge in [-0.05, 0) is 62.4 Å². The van der Waals surface area contributed by atoms with Gasteiger partial charge in [0, 0.05) is 18.7 Å². The third kappa shape index (κ3) is 3.86. The molecule has 2 aliphatic heterocycles. The van der Waals surface area contributed by atoms with Crippen molar-refractivity contribution in [3.05, 3.63) is 58.9 Å². The van der Waals surface area contributed by atoms with E-state index in [4.69, 9.17) is 16.6 Å². The van der Waals surface area contributed by atoms with E-state index in [2.05, 4.69) is 4.98 Å². The highest BCUT2D eigenvalue weighted by Crippen LogP contribution is 2.35. The molecule has 2 saturated heterocycles. The summed E-state index contributed by atoms with van der Waals surface area (Å²) in [5.41, 5.74) is 2.65. The van der Waals surface area contributed by atoms with Gasteiger partial charge in [-0.15, -0.1) is 0 Å². The molecular weight excluding hydrogens is 448 g/mol. The summed E-state index contributed by atoms with van der Waals surface area (Å²) in [4.78, 5) is 23.5. The van der Waals surface area contributed by atoms with E-state index in [9.17, 15) is 13.2 Å². The summed E-state index contributed by atoms with van der Waals surface area (Å²) in [7, 11) is -3.43. The lowest BCUT2D eigenvalue weighted by molar-refractivity contribution is 0.0601. The molecule has 0 saturated carbocycles. The van der Waals surface area contributed by atoms with Gasteiger partial charge in [-0.25, -0.2) is 13.4 Å². The number of fused-ring (bicyclic) bond motifs is 1. The highest BCUT2D eigenvalue weighted by molar-refractivity contribution is 7.92. The first-order chi connectivity index (χ1) is 15.4. The number of hydrogen-bond donors (Lipinski definition) is 1. The molecule has 2 aromatic carbocycles. The first-order valence-electron chi connectivity index (χ1n) is 11.0. The van der Waals surface area contributed by atoms with E-state index in [1.807, 2.05) is 29.2 Å². The van der Waals surface area contributed by atoms with Crippen molar-refractivity contribution >= 4 is 44.3 Å². The number of anilines is 1. The highest BCUT2D eigenvalue weighted by Gasteiger charge is 2.32. The number of aromatic amines is 1. The largest absolute Gasteiger partial charge is 0.340 e. The molecule has 1 amide bonds. The minimum absolute atomic E-state index is 0.0990. The molecule has 2 aliphatic rings. The fraction of sp³-hybridized carbons (Fsp3) is 0.391. The maximum absolute atomic E-state index is 13.6. The van der Waals surface area contributed by atoms with Crippen molar-refractivity contribution in [2.45, 2.75) is 38.1 Å². The number of carbonyl (C=O) groups excluding carboxylic acids is 1. The van der Waals surface area contributed by atoms with E-state index in [1.165, 1.54) is 4.31 Å². The summed E-state index contributed by atoms with van der Waals surface area (Å²) in [5.74, 6) is 0.747. The first kappa shape index (κ1) is 21.3. The van der Waals surface area contributed by atoms with E-state index in [-0.39, 0.29) is 17.7 Å². The number of rotatable bonds is 3. The Kier molecular flexibility index (Phi) is 5.59. The van der Waals surface area contributed by atoms with Crippen LogP contribution in [0.15, 0.2) is 42.5 Å². The van der Waals surface area contributed by atoms with Gasteiger partial charge >= 0.3 is 0 Å². The van der Waals surface area contributed by atoms with E-state index in [0.717, 1.165) is 42.5 Å². The second-order valence-corrected chi connectivity index (χ2v) is 10.8. The molecule has 0 unspecified atom stereocenters. The van der Waals surface area contributed by atoms with Gasteiger partial charge in [0.1, 0.15) is 5.82 Å². The second kappa shape index (κ2) is 8.41. The number of amides is 1. The van der Waals surface area contributed by atoms with Crippen LogP contribution in [0.4, 0.5) is 5.69 Å². The summed E-state index contributed by atoms with van der Waals surface area (Å²) >= 11 is 6.37. The average molecular weight is 473 g/mol. The minimum atomic E-state index is -3.43. The molecule has 7 nitrogen and oxygen atoms in total. The topological polar surface area (TPSA) is 86.4 Å². The summed E-state index contributed by atoms with van der Waals surface area (Å²) < 4.78 is 26.5. The molecule has 0 bridgehead atoms. The molecule has 2 fully saturated rings. The minimum Gasteiger partial charge on any atom is -0.340 e. The van der Waals surface area contributed by atoms with Gasteiger partial charge in [-0.3, -0.25) is 9.10 Å². The third-order valence-electron chi connectivity index (χ3n) is 6.30. The zero-order valence-electron chi connectivity index (χ0n) is 17.6. The Balaban J connectivity index is 1.48. The summed E-state index contributed by atoms with van der Waals surface area (Å²) in [6.07, 6.45) is 4.18. The number of nitrogens with zero attached hydrogens (tertiary/aromatic N) is 3. The number of benzene rings is 2. The molecule has 1 atom stereocenters. The van der Waals surface area contributed by atoms with Gasteiger partial charge in [-0.1, -0.05) is 23.7 Å². The fourth-order valence-corrected chi connectivity index (χ4v) is 6.57. The molecule has 168 valence electrons. The predicted molar refractivity (Wildman–Crippen MR) is 126 cm³/mol. The van der Waals surface area contributed by atoms with Crippen LogP contribution in [0, 0.1) is 0 Å². The van der Waals surface area contributed by atoms with Crippen molar-refractivity contribution in [3.8, 4) is 0 Å². The molecule has 0 radical (unpaired) electrons. The molecule has 3 aromatic rings. The van der Waals surface area contributed by atoms with E-state index in [1.54, 1.807) is 18.2 Å². The zero-order chi connectivity index (χ0) is 22.3. The SMILES string of the molecule is O=C(c1ccc(Cl)c(N2CCCCS2(=O)=O)c1)N1CCCC[C@@H]1c1nc2ccccc2[nH]1. The Hall–Kier alpha value is -2.58. The van der Waals surface area contributed by atoms with E-state index in [0.29, 0.717) is 35.8 Å². The molecule has 9 heteroatoms. The van der Waals surface area contributed by atoms with Crippen LogP contribution >= 0.6 is 11.6 Å². The van der Waals surface area contributed by atoms with Crippen molar-refractivity contribution in [1.29, 1.82) is 0 Å². The summed E-state index contributed by atoms with van der Waals surface area (Å²) in [6, 6.07) is 12.6. The number of likely N-dealkylation sites (tertiary alicyclic amines) is 1. The van der Waals surface area contributed by atoms with Gasteiger partial charge < -0.3 is 9.88 Å². The summed E-state index contributed by atoms with van der Waals surface area (Å²) in [5, 5.41) is 0.333. The van der Waals surface area contributed by atoms with Gasteiger partial charge in [0.25, 0.3) is 5.91 Å². The van der Waals surface area contributed by atoms with Crippen molar-refractivity contribution in [1.82, 2.24) is 14.9 Å². The monoisotopic (exact) mass is 472 g/mol. The number of H-pyrrole nitrogens is 1. The second-order valence-electron chi connectivity index (χ2n) is 8.41. The quantitative estimate of drug-likeness (QED) is 0.607. The van der Waals surface area contributed by atoms with Crippen LogP contribution in [0.25, 0.3) is 11.0 Å². The van der Waals surface area contributed by atoms with Gasteiger partial charge in [0.15, 0.2) is 0 Å². The maximum Gasteiger partial charge on any atom is 0.254 e.